The SMILES string of the molecule is CNC1C=C(Br)[C@H](C2=CC=CC(NCC3=CC[C@H](CNCCO)C=N3)=C(C)C2)CCCC#CC1. The van der Waals surface area contributed by atoms with Crippen LogP contribution in [0.15, 0.2) is 62.4 Å². The summed E-state index contributed by atoms with van der Waals surface area (Å²) < 4.78 is 1.27. The Kier molecular flexibility index (Phi) is 11.4. The van der Waals surface area contributed by atoms with Gasteiger partial charge in [0.1, 0.15) is 0 Å². The zero-order chi connectivity index (χ0) is 24.2. The van der Waals surface area contributed by atoms with Crippen molar-refractivity contribution in [2.24, 2.45) is 16.8 Å². The molecule has 3 rings (SSSR count). The molecule has 1 unspecified atom stereocenters. The molecule has 0 saturated heterocycles. The molecule has 184 valence electrons. The number of likely N-dealkylation sites (N-methyl/N-ethyl adjacent to an activating group) is 1. The van der Waals surface area contributed by atoms with Crippen LogP contribution in [0.5, 0.6) is 0 Å². The Morgan fingerprint density at radius 3 is 2.94 bits per heavy atom. The van der Waals surface area contributed by atoms with E-state index in [0.29, 0.717) is 18.4 Å². The second kappa shape index (κ2) is 14.5. The average molecular weight is 528 g/mol. The Hall–Kier alpha value is -1.91. The maximum absolute atomic E-state index is 8.90. The number of nitrogens with one attached hydrogen (secondary N) is 3. The standard InChI is InChI=1S/C28H39BrN4O/c1-21-16-23(26-10-6-4-3-5-9-24(30-2)17-27(26)29)8-7-11-28(21)33-20-25-13-12-22(19-32-25)18-31-14-15-34/h7-8,11,13,17,19,22,24,26,30-31,33-34H,4,6,9-10,12,14-16,18,20H2,1-2H3/t22-,24?,26+/m1/s1. The van der Waals surface area contributed by atoms with Gasteiger partial charge in [0, 0.05) is 55.7 Å². The normalized spacial score (nSPS) is 25.5. The van der Waals surface area contributed by atoms with E-state index < -0.39 is 0 Å². The number of halogens is 1. The fourth-order valence-corrected chi connectivity index (χ4v) is 5.29. The summed E-state index contributed by atoms with van der Waals surface area (Å²) in [5, 5.41) is 19.1. The van der Waals surface area contributed by atoms with Crippen LogP contribution in [0.4, 0.5) is 0 Å². The van der Waals surface area contributed by atoms with Crippen LogP contribution in [0.1, 0.15) is 45.4 Å². The summed E-state index contributed by atoms with van der Waals surface area (Å²) in [6, 6.07) is 0.271. The van der Waals surface area contributed by atoms with E-state index in [1.54, 1.807) is 0 Å². The molecule has 0 aromatic rings. The van der Waals surface area contributed by atoms with Gasteiger partial charge in [-0.15, -0.1) is 11.8 Å². The van der Waals surface area contributed by atoms with Crippen LogP contribution in [-0.2, 0) is 0 Å². The van der Waals surface area contributed by atoms with Gasteiger partial charge < -0.3 is 21.1 Å². The predicted molar refractivity (Wildman–Crippen MR) is 147 cm³/mol. The Morgan fingerprint density at radius 2 is 2.18 bits per heavy atom. The molecule has 1 heterocycles. The third-order valence-electron chi connectivity index (χ3n) is 6.52. The van der Waals surface area contributed by atoms with Crippen LogP contribution in [0.3, 0.4) is 0 Å². The molecule has 6 heteroatoms. The molecule has 0 amide bonds. The van der Waals surface area contributed by atoms with E-state index in [0.717, 1.165) is 57.3 Å². The van der Waals surface area contributed by atoms with Crippen molar-refractivity contribution in [2.45, 2.75) is 51.5 Å². The van der Waals surface area contributed by atoms with E-state index in [4.69, 9.17) is 5.11 Å². The Morgan fingerprint density at radius 1 is 1.29 bits per heavy atom. The van der Waals surface area contributed by atoms with Crippen molar-refractivity contribution in [3.8, 4) is 11.8 Å². The van der Waals surface area contributed by atoms with Gasteiger partial charge in [-0.2, -0.15) is 0 Å². The molecular weight excluding hydrogens is 488 g/mol. The molecule has 0 aromatic carbocycles. The summed E-state index contributed by atoms with van der Waals surface area (Å²) in [5.41, 5.74) is 5.08. The first kappa shape index (κ1) is 26.7. The summed E-state index contributed by atoms with van der Waals surface area (Å²) >= 11 is 3.92. The molecule has 0 aromatic heterocycles. The molecule has 3 atom stereocenters. The minimum atomic E-state index is 0.173. The summed E-state index contributed by atoms with van der Waals surface area (Å²) in [5.74, 6) is 7.42. The zero-order valence-corrected chi connectivity index (χ0v) is 22.1. The molecule has 0 radical (unpaired) electrons. The first-order valence-corrected chi connectivity index (χ1v) is 13.3. The van der Waals surface area contributed by atoms with E-state index in [2.05, 4.69) is 86.0 Å². The molecule has 0 spiro atoms. The van der Waals surface area contributed by atoms with Gasteiger partial charge >= 0.3 is 0 Å². The highest BCUT2D eigenvalue weighted by Crippen LogP contribution is 2.36. The Balaban J connectivity index is 1.60. The van der Waals surface area contributed by atoms with Crippen molar-refractivity contribution in [1.29, 1.82) is 0 Å². The van der Waals surface area contributed by atoms with Gasteiger partial charge in [0.15, 0.2) is 0 Å². The Labute approximate surface area is 213 Å². The topological polar surface area (TPSA) is 68.7 Å². The number of nitrogens with zero attached hydrogens (tertiary/aromatic N) is 1. The fourth-order valence-electron chi connectivity index (χ4n) is 4.45. The van der Waals surface area contributed by atoms with Crippen molar-refractivity contribution in [3.63, 3.8) is 0 Å². The lowest BCUT2D eigenvalue weighted by molar-refractivity contribution is 0.291. The number of aliphatic hydroxyl groups excluding tert-OH is 1. The minimum Gasteiger partial charge on any atom is -0.395 e. The van der Waals surface area contributed by atoms with Crippen LogP contribution in [0.25, 0.3) is 0 Å². The Bertz CT molecular complexity index is 932. The molecule has 0 fully saturated rings. The molecule has 1 aliphatic heterocycles. The van der Waals surface area contributed by atoms with Crippen LogP contribution in [0, 0.1) is 23.7 Å². The number of aliphatic imine (C=N–C) groups is 1. The second-order valence-corrected chi connectivity index (χ2v) is 10.1. The number of hydrogen-bond donors (Lipinski definition) is 4. The van der Waals surface area contributed by atoms with Gasteiger partial charge in [-0.3, -0.25) is 4.99 Å². The maximum atomic E-state index is 8.90. The fraction of sp³-hybridized carbons (Fsp3) is 0.536. The van der Waals surface area contributed by atoms with Gasteiger partial charge in [-0.1, -0.05) is 45.8 Å². The third-order valence-corrected chi connectivity index (χ3v) is 7.33. The number of rotatable bonds is 9. The van der Waals surface area contributed by atoms with E-state index in [1.165, 1.54) is 21.3 Å². The monoisotopic (exact) mass is 526 g/mol. The lowest BCUT2D eigenvalue weighted by atomic mass is 9.87. The van der Waals surface area contributed by atoms with Gasteiger partial charge in [0.25, 0.3) is 0 Å². The largest absolute Gasteiger partial charge is 0.395 e. The highest BCUT2D eigenvalue weighted by atomic mass is 79.9. The average Bonchev–Trinajstić information content (AvgIpc) is 3.03. The first-order chi connectivity index (χ1) is 16.6. The molecule has 34 heavy (non-hydrogen) atoms. The summed E-state index contributed by atoms with van der Waals surface area (Å²) in [7, 11) is 2.00. The minimum absolute atomic E-state index is 0.173. The quantitative estimate of drug-likeness (QED) is 0.266. The van der Waals surface area contributed by atoms with Crippen molar-refractivity contribution in [1.82, 2.24) is 16.0 Å². The van der Waals surface area contributed by atoms with E-state index in [-0.39, 0.29) is 12.6 Å². The van der Waals surface area contributed by atoms with E-state index >= 15 is 0 Å². The second-order valence-electron chi connectivity index (χ2n) is 9.17. The molecule has 5 nitrogen and oxygen atoms in total. The van der Waals surface area contributed by atoms with Crippen LogP contribution in [0.2, 0.25) is 0 Å². The molecule has 4 N–H and O–H groups in total. The van der Waals surface area contributed by atoms with Gasteiger partial charge in [-0.25, -0.2) is 0 Å². The molecule has 3 aliphatic rings. The van der Waals surface area contributed by atoms with Crippen molar-refractivity contribution in [3.05, 3.63) is 57.4 Å². The predicted octanol–water partition coefficient (Wildman–Crippen LogP) is 4.35. The third kappa shape index (κ3) is 8.39. The highest BCUT2D eigenvalue weighted by Gasteiger charge is 2.21. The van der Waals surface area contributed by atoms with E-state index in [1.807, 2.05) is 13.3 Å². The van der Waals surface area contributed by atoms with Crippen molar-refractivity contribution < 1.29 is 5.11 Å². The smallest absolute Gasteiger partial charge is 0.0570 e. The van der Waals surface area contributed by atoms with E-state index in [9.17, 15) is 0 Å². The lowest BCUT2D eigenvalue weighted by Gasteiger charge is -2.23. The lowest BCUT2D eigenvalue weighted by Crippen LogP contribution is -2.27. The molecule has 0 saturated carbocycles. The van der Waals surface area contributed by atoms with Crippen LogP contribution >= 0.6 is 15.9 Å². The van der Waals surface area contributed by atoms with Crippen LogP contribution in [-0.4, -0.2) is 50.7 Å². The summed E-state index contributed by atoms with van der Waals surface area (Å²) in [4.78, 5) is 4.65. The zero-order valence-electron chi connectivity index (χ0n) is 20.5. The highest BCUT2D eigenvalue weighted by molar-refractivity contribution is 9.11. The van der Waals surface area contributed by atoms with Crippen molar-refractivity contribution in [2.75, 3.05) is 33.3 Å². The van der Waals surface area contributed by atoms with Crippen molar-refractivity contribution >= 4 is 22.1 Å². The number of hydrogen-bond acceptors (Lipinski definition) is 5. The summed E-state index contributed by atoms with van der Waals surface area (Å²) in [6.45, 7) is 4.62. The summed E-state index contributed by atoms with van der Waals surface area (Å²) in [6.07, 6.45) is 19.2. The van der Waals surface area contributed by atoms with Gasteiger partial charge in [-0.05, 0) is 55.8 Å². The van der Waals surface area contributed by atoms with Gasteiger partial charge in [0.05, 0.1) is 18.8 Å². The number of allylic oxidation sites excluding steroid dienone is 7. The van der Waals surface area contributed by atoms with Gasteiger partial charge in [0.2, 0.25) is 0 Å². The first-order valence-electron chi connectivity index (χ1n) is 12.5. The number of aliphatic hydroxyl groups is 1. The molecule has 2 aliphatic carbocycles. The maximum Gasteiger partial charge on any atom is 0.0570 e. The van der Waals surface area contributed by atoms with Crippen LogP contribution < -0.4 is 16.0 Å². The molecule has 0 bridgehead atoms. The molecular formula is C28H39BrN4O.